The highest BCUT2D eigenvalue weighted by Gasteiger charge is 2.26. The molecule has 4 nitrogen and oxygen atoms in total. The van der Waals surface area contributed by atoms with Crippen LogP contribution >= 0.6 is 11.3 Å². The van der Waals surface area contributed by atoms with Gasteiger partial charge >= 0.3 is 0 Å². The largest absolute Gasteiger partial charge is 0.308 e. The van der Waals surface area contributed by atoms with Crippen LogP contribution in [0.15, 0.2) is 182 Å². The summed E-state index contributed by atoms with van der Waals surface area (Å²) >= 11 is 1.87. The second kappa shape index (κ2) is 11.6. The molecule has 4 heterocycles. The van der Waals surface area contributed by atoms with Crippen molar-refractivity contribution in [3.8, 4) is 56.3 Å². The molecule has 1 aliphatic rings. The van der Waals surface area contributed by atoms with Crippen molar-refractivity contribution in [1.82, 2.24) is 19.1 Å². The molecule has 264 valence electrons. The fourth-order valence-electron chi connectivity index (χ4n) is 9.61. The molecule has 8 aromatic carbocycles. The lowest BCUT2D eigenvalue weighted by Crippen LogP contribution is -2.05. The summed E-state index contributed by atoms with van der Waals surface area (Å²) in [5.74, 6) is 0.791. The van der Waals surface area contributed by atoms with Gasteiger partial charge in [-0.15, -0.1) is 11.3 Å². The Labute approximate surface area is 331 Å². The van der Waals surface area contributed by atoms with Crippen LogP contribution in [0.25, 0.3) is 120 Å². The van der Waals surface area contributed by atoms with Gasteiger partial charge in [0.25, 0.3) is 0 Å². The van der Waals surface area contributed by atoms with E-state index in [-0.39, 0.29) is 0 Å². The van der Waals surface area contributed by atoms with Crippen molar-refractivity contribution in [2.75, 3.05) is 0 Å². The van der Waals surface area contributed by atoms with Gasteiger partial charge in [-0.05, 0) is 58.7 Å². The Balaban J connectivity index is 1.11. The summed E-state index contributed by atoms with van der Waals surface area (Å²) in [6.45, 7) is 0. The third kappa shape index (κ3) is 4.21. The minimum Gasteiger partial charge on any atom is -0.308 e. The van der Waals surface area contributed by atoms with E-state index >= 15 is 0 Å². The number of thiophene rings is 1. The van der Waals surface area contributed by atoms with Crippen molar-refractivity contribution >= 4 is 75.1 Å². The van der Waals surface area contributed by atoms with Crippen LogP contribution in [0.2, 0.25) is 0 Å². The Bertz CT molecular complexity index is 3650. The van der Waals surface area contributed by atoms with E-state index in [9.17, 15) is 0 Å². The molecular weight excluding hydrogens is 713 g/mol. The number of fused-ring (bicyclic) bond motifs is 18. The van der Waals surface area contributed by atoms with Crippen LogP contribution in [-0.4, -0.2) is 19.1 Å². The second-order valence-corrected chi connectivity index (χ2v) is 15.9. The fraction of sp³-hybridized carbons (Fsp3) is 0. The summed E-state index contributed by atoms with van der Waals surface area (Å²) in [4.78, 5) is 10.9. The zero-order valence-electron chi connectivity index (χ0n) is 30.5. The molecule has 0 aliphatic heterocycles. The normalized spacial score (nSPS) is 12.2. The van der Waals surface area contributed by atoms with E-state index in [0.717, 1.165) is 50.5 Å². The van der Waals surface area contributed by atoms with Gasteiger partial charge in [-0.3, -0.25) is 9.55 Å². The van der Waals surface area contributed by atoms with Crippen molar-refractivity contribution in [3.05, 3.63) is 182 Å². The predicted molar refractivity (Wildman–Crippen MR) is 239 cm³/mol. The summed E-state index contributed by atoms with van der Waals surface area (Å²) in [5.41, 5.74) is 14.4. The van der Waals surface area contributed by atoms with E-state index in [2.05, 4.69) is 185 Å². The molecule has 12 aromatic rings. The Morgan fingerprint density at radius 2 is 0.860 bits per heavy atom. The minimum absolute atomic E-state index is 0.791. The molecule has 1 aliphatic carbocycles. The monoisotopic (exact) mass is 742 g/mol. The lowest BCUT2D eigenvalue weighted by molar-refractivity contribution is 1.05. The highest BCUT2D eigenvalue weighted by molar-refractivity contribution is 7.26. The van der Waals surface area contributed by atoms with Gasteiger partial charge in [-0.2, -0.15) is 0 Å². The van der Waals surface area contributed by atoms with Gasteiger partial charge in [-0.1, -0.05) is 140 Å². The Hall–Kier alpha value is -7.34. The average Bonchev–Trinajstić information content (AvgIpc) is 3.94. The van der Waals surface area contributed by atoms with Crippen LogP contribution in [0, 0.1) is 0 Å². The van der Waals surface area contributed by atoms with Crippen molar-refractivity contribution in [2.24, 2.45) is 0 Å². The predicted octanol–water partition coefficient (Wildman–Crippen LogP) is 14.0. The topological polar surface area (TPSA) is 35.6 Å². The third-order valence-electron chi connectivity index (χ3n) is 12.0. The third-order valence-corrected chi connectivity index (χ3v) is 13.2. The molecule has 0 atom stereocenters. The molecule has 4 aromatic heterocycles. The van der Waals surface area contributed by atoms with Crippen LogP contribution in [0.3, 0.4) is 0 Å². The molecule has 5 heteroatoms. The molecule has 0 N–H and O–H groups in total. The Morgan fingerprint density at radius 1 is 0.368 bits per heavy atom. The molecule has 0 unspecified atom stereocenters. The first-order valence-corrected chi connectivity index (χ1v) is 20.2. The molecule has 13 rings (SSSR count). The molecule has 0 bridgehead atoms. The quantitative estimate of drug-likeness (QED) is 0.177. The molecule has 0 radical (unpaired) electrons. The van der Waals surface area contributed by atoms with Gasteiger partial charge in [0.05, 0.1) is 50.0 Å². The second-order valence-electron chi connectivity index (χ2n) is 14.9. The molecule has 0 saturated carbocycles. The summed E-state index contributed by atoms with van der Waals surface area (Å²) < 4.78 is 7.39. The zero-order chi connectivity index (χ0) is 37.2. The lowest BCUT2D eigenvalue weighted by atomic mass is 9.84. The van der Waals surface area contributed by atoms with Crippen LogP contribution < -0.4 is 0 Å². The summed E-state index contributed by atoms with van der Waals surface area (Å²) in [5, 5.41) is 7.48. The minimum atomic E-state index is 0.791. The lowest BCUT2D eigenvalue weighted by Gasteiger charge is -2.22. The molecule has 0 spiro atoms. The Kier molecular flexibility index (Phi) is 6.29. The SMILES string of the molecule is c1ccc2c(c1)-c1ccccc1-c1ncc(-n3c4ccccc4c4c5c6ccccc6n(-c6cccc7c6sc6ccccc67)c5ccc43)nc1-c1ccccc1-2. The maximum absolute atomic E-state index is 5.62. The highest BCUT2D eigenvalue weighted by Crippen LogP contribution is 2.48. The first-order chi connectivity index (χ1) is 28.3. The fourth-order valence-corrected chi connectivity index (χ4v) is 10.8. The number of hydrogen-bond donors (Lipinski definition) is 0. The maximum atomic E-state index is 5.62. The standard InChI is InChI=1S/C52H30N4S/c1-2-15-32-31(14-1)33-16-3-5-19-36(33)50-51(37-20-6-4-17-34(32)37)54-47(30-53-50)56-42-25-11-8-22-40(42)49-44(56)29-28-43-48(49)39-21-7-10-24-41(39)55(43)45-26-13-23-38-35-18-9-12-27-46(35)57-52(38)45/h1-30H. The van der Waals surface area contributed by atoms with E-state index in [4.69, 9.17) is 9.97 Å². The summed E-state index contributed by atoms with van der Waals surface area (Å²) in [6, 6.07) is 63.6. The first kappa shape index (κ1) is 30.9. The van der Waals surface area contributed by atoms with E-state index in [1.807, 2.05) is 17.5 Å². The number of rotatable bonds is 2. The van der Waals surface area contributed by atoms with Gasteiger partial charge in [-0.25, -0.2) is 4.98 Å². The van der Waals surface area contributed by atoms with E-state index in [1.54, 1.807) is 0 Å². The van der Waals surface area contributed by atoms with Crippen LogP contribution in [0.4, 0.5) is 0 Å². The van der Waals surface area contributed by atoms with Crippen molar-refractivity contribution < 1.29 is 0 Å². The van der Waals surface area contributed by atoms with Gasteiger partial charge in [0.15, 0.2) is 5.82 Å². The number of nitrogens with zero attached hydrogens (tertiary/aromatic N) is 4. The van der Waals surface area contributed by atoms with Crippen LogP contribution in [0.5, 0.6) is 0 Å². The highest BCUT2D eigenvalue weighted by atomic mass is 32.1. The molecule has 0 saturated heterocycles. The van der Waals surface area contributed by atoms with Gasteiger partial charge in [0.1, 0.15) is 0 Å². The smallest absolute Gasteiger partial charge is 0.156 e. The zero-order valence-corrected chi connectivity index (χ0v) is 31.3. The van der Waals surface area contributed by atoms with Crippen LogP contribution in [-0.2, 0) is 0 Å². The van der Waals surface area contributed by atoms with Crippen molar-refractivity contribution in [3.63, 3.8) is 0 Å². The van der Waals surface area contributed by atoms with E-state index < -0.39 is 0 Å². The average molecular weight is 743 g/mol. The number of hydrogen-bond acceptors (Lipinski definition) is 3. The van der Waals surface area contributed by atoms with E-state index in [0.29, 0.717) is 0 Å². The van der Waals surface area contributed by atoms with Gasteiger partial charge in [0.2, 0.25) is 0 Å². The van der Waals surface area contributed by atoms with Crippen molar-refractivity contribution in [2.45, 2.75) is 0 Å². The number of para-hydroxylation sites is 2. The van der Waals surface area contributed by atoms with Crippen molar-refractivity contribution in [1.29, 1.82) is 0 Å². The first-order valence-electron chi connectivity index (χ1n) is 19.3. The van der Waals surface area contributed by atoms with E-state index in [1.165, 1.54) is 69.6 Å². The van der Waals surface area contributed by atoms with Gasteiger partial charge < -0.3 is 4.57 Å². The Morgan fingerprint density at radius 3 is 1.53 bits per heavy atom. The van der Waals surface area contributed by atoms with Crippen LogP contribution in [0.1, 0.15) is 0 Å². The molecular formula is C52H30N4S. The maximum Gasteiger partial charge on any atom is 0.156 e. The molecule has 0 amide bonds. The van der Waals surface area contributed by atoms with Gasteiger partial charge in [0, 0.05) is 48.1 Å². The number of aromatic nitrogens is 4. The number of benzene rings is 8. The molecule has 57 heavy (non-hydrogen) atoms. The summed E-state index contributed by atoms with van der Waals surface area (Å²) in [7, 11) is 0. The molecule has 0 fully saturated rings. The summed E-state index contributed by atoms with van der Waals surface area (Å²) in [6.07, 6.45) is 1.97.